The largest absolute Gasteiger partial charge is 0.367 e. The van der Waals surface area contributed by atoms with E-state index in [2.05, 4.69) is 56.5 Å². The summed E-state index contributed by atoms with van der Waals surface area (Å²) in [5.41, 5.74) is 7.03. The van der Waals surface area contributed by atoms with Gasteiger partial charge in [-0.2, -0.15) is 0 Å². The van der Waals surface area contributed by atoms with Gasteiger partial charge in [-0.1, -0.05) is 48.1 Å². The first-order valence-corrected chi connectivity index (χ1v) is 7.41. The molecule has 1 aliphatic heterocycles. The molecule has 0 saturated carbocycles. The molecule has 0 N–H and O–H groups in total. The second kappa shape index (κ2) is 6.60. The maximum Gasteiger partial charge on any atom is 0.0404 e. The summed E-state index contributed by atoms with van der Waals surface area (Å²) in [7, 11) is 0. The normalized spacial score (nSPS) is 16.1. The molecule has 1 aromatic carbocycles. The Bertz CT molecular complexity index is 549. The van der Waals surface area contributed by atoms with Crippen LogP contribution in [-0.2, 0) is 6.42 Å². The molecule has 2 rings (SSSR count). The number of hydrogen-bond acceptors (Lipinski definition) is 1. The second-order valence-electron chi connectivity index (χ2n) is 5.72. The van der Waals surface area contributed by atoms with Crippen LogP contribution in [0.15, 0.2) is 54.2 Å². The molecule has 1 aromatic rings. The van der Waals surface area contributed by atoms with Gasteiger partial charge in [0.2, 0.25) is 0 Å². The first-order valence-electron chi connectivity index (χ1n) is 7.41. The van der Waals surface area contributed by atoms with Gasteiger partial charge >= 0.3 is 0 Å². The number of hydrogen-bond donors (Lipinski definition) is 0. The van der Waals surface area contributed by atoms with E-state index in [4.69, 9.17) is 0 Å². The van der Waals surface area contributed by atoms with E-state index in [0.29, 0.717) is 0 Å². The van der Waals surface area contributed by atoms with Crippen LogP contribution in [0.2, 0.25) is 0 Å². The van der Waals surface area contributed by atoms with Crippen LogP contribution in [-0.4, -0.2) is 13.1 Å². The predicted molar refractivity (Wildman–Crippen MR) is 89.4 cm³/mol. The molecule has 0 bridgehead atoms. The molecule has 0 radical (unpaired) electrons. The molecule has 0 saturated heterocycles. The van der Waals surface area contributed by atoms with E-state index in [-0.39, 0.29) is 0 Å². The summed E-state index contributed by atoms with van der Waals surface area (Å²) in [6, 6.07) is 6.85. The van der Waals surface area contributed by atoms with Crippen molar-refractivity contribution in [3.05, 3.63) is 65.3 Å². The third kappa shape index (κ3) is 3.41. The predicted octanol–water partition coefficient (Wildman–Crippen LogP) is 4.83. The molecule has 1 heterocycles. The molecule has 0 aromatic heterocycles. The molecule has 1 nitrogen and oxygen atoms in total. The minimum atomic E-state index is 1.02. The van der Waals surface area contributed by atoms with E-state index in [1.807, 2.05) is 12.2 Å². The van der Waals surface area contributed by atoms with Gasteiger partial charge in [-0.05, 0) is 50.8 Å². The second-order valence-corrected chi connectivity index (χ2v) is 5.72. The van der Waals surface area contributed by atoms with Crippen LogP contribution in [0.4, 0.5) is 5.69 Å². The summed E-state index contributed by atoms with van der Waals surface area (Å²) < 4.78 is 0. The summed E-state index contributed by atoms with van der Waals surface area (Å²) in [5, 5.41) is 0. The lowest BCUT2D eigenvalue weighted by Crippen LogP contribution is -2.31. The lowest BCUT2D eigenvalue weighted by atomic mass is 9.99. The fourth-order valence-electron chi connectivity index (χ4n) is 2.69. The number of aryl methyl sites for hydroxylation is 2. The lowest BCUT2D eigenvalue weighted by molar-refractivity contribution is 0.712. The van der Waals surface area contributed by atoms with Crippen molar-refractivity contribution >= 4 is 5.69 Å². The van der Waals surface area contributed by atoms with Crippen LogP contribution >= 0.6 is 0 Å². The summed E-state index contributed by atoms with van der Waals surface area (Å²) in [5.74, 6) is 0. The summed E-state index contributed by atoms with van der Waals surface area (Å²) in [6.45, 7) is 12.5. The van der Waals surface area contributed by atoms with Crippen molar-refractivity contribution in [3.63, 3.8) is 0 Å². The van der Waals surface area contributed by atoms with Gasteiger partial charge in [-0.3, -0.25) is 0 Å². The van der Waals surface area contributed by atoms with E-state index in [0.717, 1.165) is 13.1 Å². The Morgan fingerprint density at radius 2 is 2.15 bits per heavy atom. The standard InChI is InChI=1S/C19H25N/c1-5-6-8-16(3)17(4)14-20-12-7-9-18-11-10-15(2)13-19(18)20/h5-6,8,10-11,13H,1,7,9,12,14H2,2-4H3/b8-6-,17-16+. The fraction of sp³-hybridized carbons (Fsp3) is 0.368. The minimum Gasteiger partial charge on any atom is -0.367 e. The van der Waals surface area contributed by atoms with E-state index in [1.165, 1.54) is 40.8 Å². The monoisotopic (exact) mass is 267 g/mol. The Hall–Kier alpha value is -1.76. The number of fused-ring (bicyclic) bond motifs is 1. The van der Waals surface area contributed by atoms with Crippen LogP contribution in [0, 0.1) is 6.92 Å². The Morgan fingerprint density at radius 1 is 1.35 bits per heavy atom. The van der Waals surface area contributed by atoms with Gasteiger partial charge in [0, 0.05) is 18.8 Å². The van der Waals surface area contributed by atoms with Gasteiger partial charge in [-0.25, -0.2) is 0 Å². The quantitative estimate of drug-likeness (QED) is 0.706. The molecule has 0 atom stereocenters. The van der Waals surface area contributed by atoms with Crippen LogP contribution < -0.4 is 4.90 Å². The van der Waals surface area contributed by atoms with Crippen LogP contribution in [0.3, 0.4) is 0 Å². The highest BCUT2D eigenvalue weighted by Gasteiger charge is 2.17. The lowest BCUT2D eigenvalue weighted by Gasteiger charge is -2.32. The van der Waals surface area contributed by atoms with E-state index in [9.17, 15) is 0 Å². The van der Waals surface area contributed by atoms with E-state index in [1.54, 1.807) is 0 Å². The summed E-state index contributed by atoms with van der Waals surface area (Å²) in [6.07, 6.45) is 8.45. The fourth-order valence-corrected chi connectivity index (χ4v) is 2.69. The number of benzene rings is 1. The Morgan fingerprint density at radius 3 is 2.90 bits per heavy atom. The topological polar surface area (TPSA) is 3.24 Å². The van der Waals surface area contributed by atoms with Crippen molar-refractivity contribution in [2.24, 2.45) is 0 Å². The van der Waals surface area contributed by atoms with Gasteiger partial charge in [0.05, 0.1) is 0 Å². The van der Waals surface area contributed by atoms with E-state index >= 15 is 0 Å². The third-order valence-corrected chi connectivity index (χ3v) is 4.04. The SMILES string of the molecule is C=C/C=C\C(C)=C(/C)CN1CCCc2ccc(C)cc21. The van der Waals surface area contributed by atoms with Gasteiger partial charge < -0.3 is 4.90 Å². The zero-order chi connectivity index (χ0) is 14.5. The van der Waals surface area contributed by atoms with Crippen LogP contribution in [0.1, 0.15) is 31.4 Å². The zero-order valence-electron chi connectivity index (χ0n) is 12.9. The van der Waals surface area contributed by atoms with Gasteiger partial charge in [-0.15, -0.1) is 0 Å². The van der Waals surface area contributed by atoms with Crippen molar-refractivity contribution in [3.8, 4) is 0 Å². The maximum absolute atomic E-state index is 3.73. The van der Waals surface area contributed by atoms with Gasteiger partial charge in [0.15, 0.2) is 0 Å². The number of nitrogens with zero attached hydrogens (tertiary/aromatic N) is 1. The molecule has 1 aliphatic rings. The van der Waals surface area contributed by atoms with Crippen LogP contribution in [0.5, 0.6) is 0 Å². The molecule has 20 heavy (non-hydrogen) atoms. The highest BCUT2D eigenvalue weighted by atomic mass is 15.1. The number of allylic oxidation sites excluding steroid dienone is 4. The molecule has 0 aliphatic carbocycles. The van der Waals surface area contributed by atoms with Gasteiger partial charge in [0.1, 0.15) is 0 Å². The van der Waals surface area contributed by atoms with Crippen molar-refractivity contribution < 1.29 is 0 Å². The first-order chi connectivity index (χ1) is 9.61. The summed E-state index contributed by atoms with van der Waals surface area (Å²) in [4.78, 5) is 2.52. The van der Waals surface area contributed by atoms with Gasteiger partial charge in [0.25, 0.3) is 0 Å². The molecular formula is C19H25N. The Balaban J connectivity index is 2.22. The van der Waals surface area contributed by atoms with Crippen molar-refractivity contribution in [1.29, 1.82) is 0 Å². The summed E-state index contributed by atoms with van der Waals surface area (Å²) >= 11 is 0. The molecule has 106 valence electrons. The highest BCUT2D eigenvalue weighted by molar-refractivity contribution is 5.58. The molecule has 0 amide bonds. The number of anilines is 1. The molecule has 0 fully saturated rings. The average Bonchev–Trinajstić information content (AvgIpc) is 2.45. The van der Waals surface area contributed by atoms with Crippen molar-refractivity contribution in [1.82, 2.24) is 0 Å². The smallest absolute Gasteiger partial charge is 0.0404 e. The van der Waals surface area contributed by atoms with Crippen molar-refractivity contribution in [2.45, 2.75) is 33.6 Å². The highest BCUT2D eigenvalue weighted by Crippen LogP contribution is 2.29. The zero-order valence-corrected chi connectivity index (χ0v) is 12.9. The van der Waals surface area contributed by atoms with E-state index < -0.39 is 0 Å². The molecular weight excluding hydrogens is 242 g/mol. The Kier molecular flexibility index (Phi) is 4.84. The first kappa shape index (κ1) is 14.6. The molecule has 0 spiro atoms. The Labute approximate surface area is 123 Å². The average molecular weight is 267 g/mol. The number of rotatable bonds is 4. The van der Waals surface area contributed by atoms with Crippen molar-refractivity contribution in [2.75, 3.05) is 18.0 Å². The molecule has 1 heteroatoms. The third-order valence-electron chi connectivity index (χ3n) is 4.04. The molecule has 0 unspecified atom stereocenters. The van der Waals surface area contributed by atoms with Crippen LogP contribution in [0.25, 0.3) is 0 Å². The minimum absolute atomic E-state index is 1.02. The maximum atomic E-state index is 3.73.